The number of carboxylic acids is 1. The summed E-state index contributed by atoms with van der Waals surface area (Å²) in [6.07, 6.45) is -0.141. The molecule has 0 aliphatic rings. The molecule has 0 saturated heterocycles. The van der Waals surface area contributed by atoms with Gasteiger partial charge in [0.05, 0.1) is 12.5 Å². The largest absolute Gasteiger partial charge is 0.481 e. The van der Waals surface area contributed by atoms with Gasteiger partial charge in [-0.1, -0.05) is 0 Å². The summed E-state index contributed by atoms with van der Waals surface area (Å²) in [4.78, 5) is 20.5. The minimum absolute atomic E-state index is 0.167. The Hall–Kier alpha value is -1.10. The molecule has 0 spiro atoms. The lowest BCUT2D eigenvalue weighted by molar-refractivity contribution is -0.138. The zero-order valence-electron chi connectivity index (χ0n) is 7.52. The van der Waals surface area contributed by atoms with Crippen LogP contribution in [0.5, 0.6) is 0 Å². The minimum atomic E-state index is -0.963. The third kappa shape index (κ3) is 23.1. The van der Waals surface area contributed by atoms with E-state index in [1.165, 1.54) is 11.8 Å². The van der Waals surface area contributed by atoms with E-state index < -0.39 is 12.1 Å². The number of hydrogen-bond acceptors (Lipinski definition) is 3. The summed E-state index contributed by atoms with van der Waals surface area (Å²) in [5.41, 5.74) is 0. The first kappa shape index (κ1) is 13.5. The van der Waals surface area contributed by atoms with Gasteiger partial charge in [0.15, 0.2) is 0 Å². The molecule has 0 heterocycles. The van der Waals surface area contributed by atoms with Gasteiger partial charge in [-0.05, 0) is 6.92 Å². The van der Waals surface area contributed by atoms with E-state index in [-0.39, 0.29) is 6.42 Å². The number of hydrogen-bond donors (Lipinski definition) is 2. The fourth-order valence-corrected chi connectivity index (χ4v) is 0.253. The normalized spacial score (nSPS) is 10.7. The molecule has 0 fully saturated rings. The summed E-state index contributed by atoms with van der Waals surface area (Å²) in [6.45, 7) is 1.44. The molecular weight excluding hydrogens is 162 g/mol. The highest BCUT2D eigenvalue weighted by molar-refractivity contribution is 5.67. The Morgan fingerprint density at radius 2 is 1.92 bits per heavy atom. The molecule has 1 unspecified atom stereocenters. The Kier molecular flexibility index (Phi) is 8.99. The third-order valence-corrected chi connectivity index (χ3v) is 0.681. The average molecular weight is 177 g/mol. The van der Waals surface area contributed by atoms with Crippen LogP contribution in [0.1, 0.15) is 13.3 Å². The van der Waals surface area contributed by atoms with Gasteiger partial charge in [0.25, 0.3) is 0 Å². The molecule has 0 aromatic carbocycles. The van der Waals surface area contributed by atoms with Crippen LogP contribution in [0.4, 0.5) is 0 Å². The molecule has 5 heteroatoms. The van der Waals surface area contributed by atoms with Crippen LogP contribution in [0.3, 0.4) is 0 Å². The van der Waals surface area contributed by atoms with Gasteiger partial charge in [-0.15, -0.1) is 0 Å². The number of carbonyl (C=O) groups is 2. The molecule has 0 rings (SSSR count). The van der Waals surface area contributed by atoms with E-state index in [0.717, 1.165) is 6.41 Å². The fraction of sp³-hybridized carbons (Fsp3) is 0.714. The second kappa shape index (κ2) is 8.00. The molecule has 72 valence electrons. The number of aliphatic hydroxyl groups excluding tert-OH is 1. The van der Waals surface area contributed by atoms with Crippen LogP contribution in [0.2, 0.25) is 0 Å². The predicted molar refractivity (Wildman–Crippen MR) is 43.7 cm³/mol. The maximum atomic E-state index is 9.65. The Labute approximate surface area is 71.6 Å². The number of carboxylic acid groups (broad SMARTS) is 1. The van der Waals surface area contributed by atoms with Crippen LogP contribution in [0.15, 0.2) is 0 Å². The fourth-order valence-electron chi connectivity index (χ4n) is 0.253. The lowest BCUT2D eigenvalue weighted by Gasteiger charge is -1.94. The van der Waals surface area contributed by atoms with Gasteiger partial charge < -0.3 is 15.1 Å². The van der Waals surface area contributed by atoms with Crippen LogP contribution >= 0.6 is 0 Å². The molecule has 0 aromatic rings. The molecule has 0 radical (unpaired) electrons. The van der Waals surface area contributed by atoms with E-state index in [9.17, 15) is 9.59 Å². The van der Waals surface area contributed by atoms with Crippen molar-refractivity contribution in [2.45, 2.75) is 19.4 Å². The van der Waals surface area contributed by atoms with Crippen molar-refractivity contribution in [1.29, 1.82) is 0 Å². The van der Waals surface area contributed by atoms with Crippen LogP contribution in [-0.4, -0.2) is 47.7 Å². The summed E-state index contributed by atoms with van der Waals surface area (Å²) in [5, 5.41) is 16.3. The Morgan fingerprint density at radius 1 is 1.58 bits per heavy atom. The first-order valence-electron chi connectivity index (χ1n) is 3.41. The van der Waals surface area contributed by atoms with Gasteiger partial charge in [-0.25, -0.2) is 0 Å². The van der Waals surface area contributed by atoms with Crippen molar-refractivity contribution in [3.8, 4) is 0 Å². The summed E-state index contributed by atoms with van der Waals surface area (Å²) >= 11 is 0. The van der Waals surface area contributed by atoms with Crippen molar-refractivity contribution in [3.05, 3.63) is 0 Å². The lowest BCUT2D eigenvalue weighted by atomic mass is 10.3. The van der Waals surface area contributed by atoms with Gasteiger partial charge in [-0.3, -0.25) is 9.59 Å². The Bertz CT molecular complexity index is 133. The second-order valence-corrected chi connectivity index (χ2v) is 2.52. The van der Waals surface area contributed by atoms with Crippen LogP contribution < -0.4 is 0 Å². The van der Waals surface area contributed by atoms with Crippen LogP contribution in [-0.2, 0) is 9.59 Å². The maximum Gasteiger partial charge on any atom is 0.305 e. The summed E-state index contributed by atoms with van der Waals surface area (Å²) < 4.78 is 0. The van der Waals surface area contributed by atoms with Gasteiger partial charge in [0.2, 0.25) is 6.41 Å². The van der Waals surface area contributed by atoms with Gasteiger partial charge in [0.1, 0.15) is 0 Å². The molecule has 0 bridgehead atoms. The highest BCUT2D eigenvalue weighted by Crippen LogP contribution is 1.85. The van der Waals surface area contributed by atoms with Crippen molar-refractivity contribution in [3.63, 3.8) is 0 Å². The zero-order chi connectivity index (χ0) is 10.1. The maximum absolute atomic E-state index is 9.65. The van der Waals surface area contributed by atoms with Crippen molar-refractivity contribution >= 4 is 12.4 Å². The molecule has 1 atom stereocenters. The van der Waals surface area contributed by atoms with Gasteiger partial charge >= 0.3 is 5.97 Å². The van der Waals surface area contributed by atoms with E-state index in [2.05, 4.69) is 0 Å². The molecule has 0 aliphatic heterocycles. The zero-order valence-corrected chi connectivity index (χ0v) is 7.52. The number of amides is 1. The van der Waals surface area contributed by atoms with Crippen LogP contribution in [0.25, 0.3) is 0 Å². The number of aliphatic carboxylic acids is 1. The van der Waals surface area contributed by atoms with Crippen molar-refractivity contribution < 1.29 is 19.8 Å². The third-order valence-electron chi connectivity index (χ3n) is 0.681. The first-order valence-corrected chi connectivity index (χ1v) is 3.41. The SMILES string of the molecule is CC(O)CC(=O)O.CN(C)C=O. The topological polar surface area (TPSA) is 77.8 Å². The van der Waals surface area contributed by atoms with Crippen molar-refractivity contribution in [2.24, 2.45) is 0 Å². The molecular formula is C7H15NO4. The number of aliphatic hydroxyl groups is 1. The number of carbonyl (C=O) groups excluding carboxylic acids is 1. The van der Waals surface area contributed by atoms with Crippen molar-refractivity contribution in [2.75, 3.05) is 14.1 Å². The molecule has 0 aliphatic carbocycles. The molecule has 0 saturated carbocycles. The predicted octanol–water partition coefficient (Wildman–Crippen LogP) is -0.454. The number of nitrogens with zero attached hydrogens (tertiary/aromatic N) is 1. The van der Waals surface area contributed by atoms with E-state index in [4.69, 9.17) is 10.2 Å². The highest BCUT2D eigenvalue weighted by Gasteiger charge is 2.00. The monoisotopic (exact) mass is 177 g/mol. The second-order valence-electron chi connectivity index (χ2n) is 2.52. The molecule has 0 aromatic heterocycles. The average Bonchev–Trinajstić information content (AvgIpc) is 1.85. The van der Waals surface area contributed by atoms with E-state index in [1.54, 1.807) is 14.1 Å². The molecule has 5 nitrogen and oxygen atoms in total. The summed E-state index contributed by atoms with van der Waals surface area (Å²) in [6, 6.07) is 0. The van der Waals surface area contributed by atoms with E-state index in [1.807, 2.05) is 0 Å². The standard InChI is InChI=1S/C4H8O3.C3H7NO/c1-3(5)2-4(6)7;1-4(2)3-5/h3,5H,2H2,1H3,(H,6,7);3H,1-2H3. The Morgan fingerprint density at radius 3 is 1.92 bits per heavy atom. The van der Waals surface area contributed by atoms with Gasteiger partial charge in [0, 0.05) is 14.1 Å². The quantitative estimate of drug-likeness (QED) is 0.572. The minimum Gasteiger partial charge on any atom is -0.481 e. The van der Waals surface area contributed by atoms with Crippen LogP contribution in [0, 0.1) is 0 Å². The molecule has 2 N–H and O–H groups in total. The molecule has 1 amide bonds. The van der Waals surface area contributed by atoms with Crippen molar-refractivity contribution in [1.82, 2.24) is 4.90 Å². The highest BCUT2D eigenvalue weighted by atomic mass is 16.4. The van der Waals surface area contributed by atoms with E-state index >= 15 is 0 Å². The summed E-state index contributed by atoms with van der Waals surface area (Å²) in [7, 11) is 3.38. The van der Waals surface area contributed by atoms with Gasteiger partial charge in [-0.2, -0.15) is 0 Å². The Balaban J connectivity index is 0. The smallest absolute Gasteiger partial charge is 0.305 e. The first-order chi connectivity index (χ1) is 5.40. The number of rotatable bonds is 3. The summed E-state index contributed by atoms with van der Waals surface area (Å²) in [5.74, 6) is -0.963. The molecule has 12 heavy (non-hydrogen) atoms. The lowest BCUT2D eigenvalue weighted by Crippen LogP contribution is -2.07. The van der Waals surface area contributed by atoms with E-state index in [0.29, 0.717) is 0 Å².